The standard InChI is InChI=1S/C14H15BrFN3/c15-9-5-13-11(6-10(9)16)18-14(17)19(13)12-4-7-1-2-8(12)3-7/h5-8,12H,1-4H2,(H2,17,18). The molecule has 1 aromatic carbocycles. The van der Waals surface area contributed by atoms with Crippen LogP contribution in [0.2, 0.25) is 0 Å². The Hall–Kier alpha value is -1.10. The highest BCUT2D eigenvalue weighted by atomic mass is 79.9. The van der Waals surface area contributed by atoms with Gasteiger partial charge in [0.15, 0.2) is 0 Å². The molecule has 3 atom stereocenters. The fraction of sp³-hybridized carbons (Fsp3) is 0.500. The van der Waals surface area contributed by atoms with E-state index in [0.29, 0.717) is 27.9 Å². The first-order chi connectivity index (χ1) is 9.13. The molecule has 0 spiro atoms. The van der Waals surface area contributed by atoms with E-state index in [1.54, 1.807) is 6.07 Å². The molecule has 2 aromatic rings. The maximum Gasteiger partial charge on any atom is 0.201 e. The molecule has 2 fully saturated rings. The Labute approximate surface area is 119 Å². The Morgan fingerprint density at radius 1 is 1.32 bits per heavy atom. The number of fused-ring (bicyclic) bond motifs is 3. The zero-order valence-corrected chi connectivity index (χ0v) is 12.0. The first-order valence-electron chi connectivity index (χ1n) is 6.76. The molecule has 100 valence electrons. The van der Waals surface area contributed by atoms with Crippen molar-refractivity contribution in [3.63, 3.8) is 0 Å². The molecular formula is C14H15BrFN3. The summed E-state index contributed by atoms with van der Waals surface area (Å²) in [5, 5.41) is 0. The number of nitrogens with two attached hydrogens (primary N) is 1. The lowest BCUT2D eigenvalue weighted by Gasteiger charge is -2.24. The van der Waals surface area contributed by atoms with Gasteiger partial charge in [0, 0.05) is 12.1 Å². The number of hydrogen-bond acceptors (Lipinski definition) is 2. The fourth-order valence-electron chi connectivity index (χ4n) is 3.98. The van der Waals surface area contributed by atoms with Crippen LogP contribution in [-0.2, 0) is 0 Å². The van der Waals surface area contributed by atoms with Crippen molar-refractivity contribution in [1.29, 1.82) is 0 Å². The summed E-state index contributed by atoms with van der Waals surface area (Å²) in [6.45, 7) is 0. The molecule has 0 amide bonds. The molecule has 0 saturated heterocycles. The third-order valence-corrected chi connectivity index (χ3v) is 5.40. The van der Waals surface area contributed by atoms with Gasteiger partial charge in [-0.2, -0.15) is 0 Å². The number of hydrogen-bond donors (Lipinski definition) is 1. The van der Waals surface area contributed by atoms with Crippen molar-refractivity contribution < 1.29 is 4.39 Å². The summed E-state index contributed by atoms with van der Waals surface area (Å²) in [5.74, 6) is 1.79. The lowest BCUT2D eigenvalue weighted by Crippen LogP contribution is -2.17. The lowest BCUT2D eigenvalue weighted by atomic mass is 9.95. The van der Waals surface area contributed by atoms with E-state index in [0.717, 1.165) is 11.4 Å². The minimum Gasteiger partial charge on any atom is -0.369 e. The van der Waals surface area contributed by atoms with Crippen LogP contribution in [0.5, 0.6) is 0 Å². The molecule has 0 radical (unpaired) electrons. The van der Waals surface area contributed by atoms with Gasteiger partial charge in [-0.1, -0.05) is 6.42 Å². The predicted octanol–water partition coefficient (Wildman–Crippen LogP) is 3.88. The van der Waals surface area contributed by atoms with Gasteiger partial charge in [0.25, 0.3) is 0 Å². The molecule has 2 saturated carbocycles. The van der Waals surface area contributed by atoms with Crippen LogP contribution in [0.25, 0.3) is 11.0 Å². The number of nitrogen functional groups attached to an aromatic ring is 1. The van der Waals surface area contributed by atoms with Crippen molar-refractivity contribution >= 4 is 32.9 Å². The Morgan fingerprint density at radius 3 is 2.84 bits per heavy atom. The van der Waals surface area contributed by atoms with Crippen molar-refractivity contribution in [3.05, 3.63) is 22.4 Å². The Kier molecular flexibility index (Phi) is 2.43. The van der Waals surface area contributed by atoms with Gasteiger partial charge in [-0.3, -0.25) is 0 Å². The van der Waals surface area contributed by atoms with E-state index in [1.807, 2.05) is 0 Å². The average molecular weight is 324 g/mol. The third kappa shape index (κ3) is 1.64. The molecule has 3 unspecified atom stereocenters. The normalized spacial score (nSPS) is 29.5. The van der Waals surface area contributed by atoms with Crippen LogP contribution in [0.3, 0.4) is 0 Å². The van der Waals surface area contributed by atoms with Crippen LogP contribution in [0, 0.1) is 17.7 Å². The zero-order chi connectivity index (χ0) is 13.1. The largest absolute Gasteiger partial charge is 0.369 e. The van der Waals surface area contributed by atoms with E-state index in [-0.39, 0.29) is 5.82 Å². The van der Waals surface area contributed by atoms with E-state index >= 15 is 0 Å². The van der Waals surface area contributed by atoms with Gasteiger partial charge >= 0.3 is 0 Å². The highest BCUT2D eigenvalue weighted by Crippen LogP contribution is 2.52. The van der Waals surface area contributed by atoms with Gasteiger partial charge in [0.2, 0.25) is 5.95 Å². The van der Waals surface area contributed by atoms with Crippen molar-refractivity contribution in [1.82, 2.24) is 9.55 Å². The van der Waals surface area contributed by atoms with Gasteiger partial charge in [-0.05, 0) is 53.1 Å². The van der Waals surface area contributed by atoms with Crippen LogP contribution in [0.1, 0.15) is 31.7 Å². The molecule has 2 aliphatic carbocycles. The number of anilines is 1. The Morgan fingerprint density at radius 2 is 2.16 bits per heavy atom. The van der Waals surface area contributed by atoms with Crippen LogP contribution >= 0.6 is 15.9 Å². The lowest BCUT2D eigenvalue weighted by molar-refractivity contribution is 0.339. The molecule has 19 heavy (non-hydrogen) atoms. The van der Waals surface area contributed by atoms with Crippen LogP contribution in [0.15, 0.2) is 16.6 Å². The van der Waals surface area contributed by atoms with E-state index in [1.165, 1.54) is 31.7 Å². The van der Waals surface area contributed by atoms with Gasteiger partial charge in [-0.25, -0.2) is 9.37 Å². The maximum atomic E-state index is 13.6. The minimum absolute atomic E-state index is 0.287. The number of benzene rings is 1. The molecule has 2 aliphatic rings. The molecule has 1 aromatic heterocycles. The van der Waals surface area contributed by atoms with E-state index < -0.39 is 0 Å². The fourth-order valence-corrected chi connectivity index (χ4v) is 4.32. The van der Waals surface area contributed by atoms with Gasteiger partial charge in [0.1, 0.15) is 5.82 Å². The molecule has 4 rings (SSSR count). The van der Waals surface area contributed by atoms with Crippen LogP contribution in [-0.4, -0.2) is 9.55 Å². The number of aromatic nitrogens is 2. The molecule has 5 heteroatoms. The molecule has 3 nitrogen and oxygen atoms in total. The predicted molar refractivity (Wildman–Crippen MR) is 76.3 cm³/mol. The second kappa shape index (κ2) is 3.95. The van der Waals surface area contributed by atoms with Gasteiger partial charge in [0.05, 0.1) is 15.5 Å². The molecule has 1 heterocycles. The Bertz CT molecular complexity index is 666. The topological polar surface area (TPSA) is 43.8 Å². The summed E-state index contributed by atoms with van der Waals surface area (Å²) < 4.78 is 16.2. The monoisotopic (exact) mass is 323 g/mol. The van der Waals surface area contributed by atoms with Gasteiger partial charge < -0.3 is 10.3 Å². The number of nitrogens with zero attached hydrogens (tertiary/aromatic N) is 2. The van der Waals surface area contributed by atoms with E-state index in [2.05, 4.69) is 25.5 Å². The number of rotatable bonds is 1. The average Bonchev–Trinajstić information content (AvgIpc) is 3.03. The minimum atomic E-state index is -0.287. The summed E-state index contributed by atoms with van der Waals surface area (Å²) in [7, 11) is 0. The second-order valence-corrected chi connectivity index (χ2v) is 6.69. The summed E-state index contributed by atoms with van der Waals surface area (Å²) in [5.41, 5.74) is 7.68. The summed E-state index contributed by atoms with van der Waals surface area (Å²) in [6, 6.07) is 3.71. The number of imidazole rings is 1. The Balaban J connectivity index is 1.89. The smallest absolute Gasteiger partial charge is 0.201 e. The van der Waals surface area contributed by atoms with Crippen LogP contribution in [0.4, 0.5) is 10.3 Å². The molecule has 0 aliphatic heterocycles. The van der Waals surface area contributed by atoms with Gasteiger partial charge in [-0.15, -0.1) is 0 Å². The SMILES string of the molecule is Nc1nc2cc(F)c(Br)cc2n1C1CC2CCC1C2. The van der Waals surface area contributed by atoms with E-state index in [9.17, 15) is 4.39 Å². The van der Waals surface area contributed by atoms with Crippen LogP contribution < -0.4 is 5.73 Å². The first-order valence-corrected chi connectivity index (χ1v) is 7.55. The van der Waals surface area contributed by atoms with Crippen molar-refractivity contribution in [2.24, 2.45) is 11.8 Å². The molecule has 2 bridgehead atoms. The summed E-state index contributed by atoms with van der Waals surface area (Å²) >= 11 is 3.25. The maximum absolute atomic E-state index is 13.6. The third-order valence-electron chi connectivity index (χ3n) is 4.79. The summed E-state index contributed by atoms with van der Waals surface area (Å²) in [4.78, 5) is 4.32. The molecule has 2 N–H and O–H groups in total. The quantitative estimate of drug-likeness (QED) is 0.865. The highest BCUT2D eigenvalue weighted by molar-refractivity contribution is 9.10. The molecular weight excluding hydrogens is 309 g/mol. The van der Waals surface area contributed by atoms with E-state index in [4.69, 9.17) is 5.73 Å². The second-order valence-electron chi connectivity index (χ2n) is 5.84. The van der Waals surface area contributed by atoms with Crippen molar-refractivity contribution in [2.75, 3.05) is 5.73 Å². The first kappa shape index (κ1) is 11.7. The van der Waals surface area contributed by atoms with Crippen molar-refractivity contribution in [2.45, 2.75) is 31.7 Å². The zero-order valence-electron chi connectivity index (χ0n) is 10.4. The number of halogens is 2. The highest BCUT2D eigenvalue weighted by Gasteiger charge is 2.41. The summed E-state index contributed by atoms with van der Waals surface area (Å²) in [6.07, 6.45) is 5.14. The van der Waals surface area contributed by atoms with Crippen molar-refractivity contribution in [3.8, 4) is 0 Å².